The molecule has 0 spiro atoms. The Morgan fingerprint density at radius 3 is 2.44 bits per heavy atom. The van der Waals surface area contributed by atoms with Crippen LogP contribution in [0.4, 0.5) is 0 Å². The van der Waals surface area contributed by atoms with Gasteiger partial charge in [0.05, 0.1) is 19.5 Å². The summed E-state index contributed by atoms with van der Waals surface area (Å²) in [7, 11) is 1.63. The fraction of sp³-hybridized carbons (Fsp3) is 0.160. The van der Waals surface area contributed by atoms with Crippen LogP contribution in [0.3, 0.4) is 0 Å². The molecule has 4 aromatic rings. The van der Waals surface area contributed by atoms with Crippen molar-refractivity contribution < 1.29 is 14.3 Å². The van der Waals surface area contributed by atoms with E-state index in [1.165, 1.54) is 11.8 Å². The summed E-state index contributed by atoms with van der Waals surface area (Å²) in [6.45, 7) is 2.55. The molecule has 0 aliphatic carbocycles. The molecule has 3 aromatic carbocycles. The molecule has 1 heterocycles. The molecule has 162 valence electrons. The molecule has 0 radical (unpaired) electrons. The maximum absolute atomic E-state index is 12.6. The Balaban J connectivity index is 1.69. The second kappa shape index (κ2) is 10.2. The maximum Gasteiger partial charge on any atom is 0.196 e. The molecule has 0 aliphatic heterocycles. The van der Waals surface area contributed by atoms with Gasteiger partial charge in [0.2, 0.25) is 0 Å². The fourth-order valence-electron chi connectivity index (χ4n) is 3.24. The van der Waals surface area contributed by atoms with E-state index in [-0.39, 0.29) is 11.5 Å². The number of carbonyl (C=O) groups excluding carboxylic acids is 1. The standard InChI is InChI=1S/C25H23N3O3S/c1-3-31-21-14-12-20(13-15-21)28-24(19-10-7-11-22(16-19)30-2)26-27-25(28)32-17-23(29)18-8-5-4-6-9-18/h4-16H,3,17H2,1-2H3. The van der Waals surface area contributed by atoms with Crippen molar-refractivity contribution in [2.24, 2.45) is 0 Å². The highest BCUT2D eigenvalue weighted by atomic mass is 32.2. The molecule has 0 atom stereocenters. The highest BCUT2D eigenvalue weighted by molar-refractivity contribution is 7.99. The Morgan fingerprint density at radius 1 is 0.938 bits per heavy atom. The van der Waals surface area contributed by atoms with Gasteiger partial charge >= 0.3 is 0 Å². The molecule has 0 bridgehead atoms. The van der Waals surface area contributed by atoms with Crippen LogP contribution >= 0.6 is 11.8 Å². The van der Waals surface area contributed by atoms with Crippen LogP contribution < -0.4 is 9.47 Å². The second-order valence-electron chi connectivity index (χ2n) is 6.88. The summed E-state index contributed by atoms with van der Waals surface area (Å²) < 4.78 is 12.9. The number of Topliss-reactive ketones (excluding diaryl/α,β-unsaturated/α-hetero) is 1. The predicted octanol–water partition coefficient (Wildman–Crippen LogP) is 5.32. The van der Waals surface area contributed by atoms with Crippen LogP contribution in [0.25, 0.3) is 17.1 Å². The molecular weight excluding hydrogens is 422 g/mol. The molecule has 1 aromatic heterocycles. The first kappa shape index (κ1) is 21.6. The molecule has 6 nitrogen and oxygen atoms in total. The van der Waals surface area contributed by atoms with Gasteiger partial charge in [-0.25, -0.2) is 0 Å². The first-order valence-corrected chi connectivity index (χ1v) is 11.2. The van der Waals surface area contributed by atoms with E-state index in [0.717, 1.165) is 22.7 Å². The number of aromatic nitrogens is 3. The number of thioether (sulfide) groups is 1. The van der Waals surface area contributed by atoms with E-state index in [1.807, 2.05) is 90.4 Å². The normalized spacial score (nSPS) is 10.7. The van der Waals surface area contributed by atoms with E-state index in [1.54, 1.807) is 7.11 Å². The smallest absolute Gasteiger partial charge is 0.196 e. The van der Waals surface area contributed by atoms with Gasteiger partial charge in [0.1, 0.15) is 11.5 Å². The molecule has 0 unspecified atom stereocenters. The molecule has 0 saturated carbocycles. The molecular formula is C25H23N3O3S. The summed E-state index contributed by atoms with van der Waals surface area (Å²) in [5.41, 5.74) is 2.43. The lowest BCUT2D eigenvalue weighted by Crippen LogP contribution is -2.05. The zero-order valence-electron chi connectivity index (χ0n) is 17.9. The first-order valence-electron chi connectivity index (χ1n) is 10.2. The Bertz CT molecular complexity index is 1190. The molecule has 0 amide bonds. The summed E-state index contributed by atoms with van der Waals surface area (Å²) in [6.07, 6.45) is 0. The number of carbonyl (C=O) groups is 1. The second-order valence-corrected chi connectivity index (χ2v) is 7.82. The largest absolute Gasteiger partial charge is 0.497 e. The van der Waals surface area contributed by atoms with E-state index in [2.05, 4.69) is 10.2 Å². The van der Waals surface area contributed by atoms with Crippen molar-refractivity contribution in [2.45, 2.75) is 12.1 Å². The number of methoxy groups -OCH3 is 1. The van der Waals surface area contributed by atoms with E-state index < -0.39 is 0 Å². The number of hydrogen-bond acceptors (Lipinski definition) is 6. The van der Waals surface area contributed by atoms with Crippen LogP contribution in [0.15, 0.2) is 84.0 Å². The summed E-state index contributed by atoms with van der Waals surface area (Å²) in [4.78, 5) is 12.6. The minimum atomic E-state index is 0.0415. The van der Waals surface area contributed by atoms with E-state index in [0.29, 0.717) is 23.2 Å². The molecule has 0 saturated heterocycles. The Hall–Kier alpha value is -3.58. The van der Waals surface area contributed by atoms with Gasteiger partial charge < -0.3 is 9.47 Å². The van der Waals surface area contributed by atoms with E-state index >= 15 is 0 Å². The molecule has 32 heavy (non-hydrogen) atoms. The van der Waals surface area contributed by atoms with Crippen molar-refractivity contribution in [1.29, 1.82) is 0 Å². The summed E-state index contributed by atoms with van der Waals surface area (Å²) in [6, 6.07) is 24.7. The fourth-order valence-corrected chi connectivity index (χ4v) is 4.09. The third-order valence-electron chi connectivity index (χ3n) is 4.80. The summed E-state index contributed by atoms with van der Waals surface area (Å²) in [5.74, 6) is 2.50. The van der Waals surface area contributed by atoms with Gasteiger partial charge in [0.25, 0.3) is 0 Å². The average molecular weight is 446 g/mol. The first-order chi connectivity index (χ1) is 15.7. The van der Waals surface area contributed by atoms with Crippen molar-refractivity contribution in [2.75, 3.05) is 19.5 Å². The summed E-state index contributed by atoms with van der Waals surface area (Å²) in [5, 5.41) is 9.48. The lowest BCUT2D eigenvalue weighted by Gasteiger charge is -2.12. The molecule has 7 heteroatoms. The van der Waals surface area contributed by atoms with Gasteiger partial charge in [0, 0.05) is 16.8 Å². The lowest BCUT2D eigenvalue weighted by molar-refractivity contribution is 0.102. The van der Waals surface area contributed by atoms with Crippen molar-refractivity contribution >= 4 is 17.5 Å². The third kappa shape index (κ3) is 4.84. The average Bonchev–Trinajstić information content (AvgIpc) is 3.28. The SMILES string of the molecule is CCOc1ccc(-n2c(SCC(=O)c3ccccc3)nnc2-c2cccc(OC)c2)cc1. The highest BCUT2D eigenvalue weighted by Gasteiger charge is 2.18. The Labute approximate surface area is 191 Å². The molecule has 0 N–H and O–H groups in total. The third-order valence-corrected chi connectivity index (χ3v) is 5.72. The monoisotopic (exact) mass is 445 g/mol. The van der Waals surface area contributed by atoms with Crippen LogP contribution in [0, 0.1) is 0 Å². The van der Waals surface area contributed by atoms with Crippen LogP contribution in [0.5, 0.6) is 11.5 Å². The Kier molecular flexibility index (Phi) is 6.87. The van der Waals surface area contributed by atoms with Crippen molar-refractivity contribution in [3.8, 4) is 28.6 Å². The maximum atomic E-state index is 12.6. The van der Waals surface area contributed by atoms with Gasteiger partial charge in [-0.1, -0.05) is 54.2 Å². The van der Waals surface area contributed by atoms with Gasteiger partial charge in [0.15, 0.2) is 16.8 Å². The summed E-state index contributed by atoms with van der Waals surface area (Å²) >= 11 is 1.36. The van der Waals surface area contributed by atoms with Crippen molar-refractivity contribution in [3.05, 3.63) is 84.4 Å². The topological polar surface area (TPSA) is 66.2 Å². The lowest BCUT2D eigenvalue weighted by atomic mass is 10.2. The van der Waals surface area contributed by atoms with Crippen molar-refractivity contribution in [3.63, 3.8) is 0 Å². The number of rotatable bonds is 9. The zero-order valence-corrected chi connectivity index (χ0v) is 18.7. The van der Waals surface area contributed by atoms with E-state index in [9.17, 15) is 4.79 Å². The van der Waals surface area contributed by atoms with Gasteiger partial charge in [-0.15, -0.1) is 10.2 Å². The van der Waals surface area contributed by atoms with Gasteiger partial charge in [-0.3, -0.25) is 9.36 Å². The molecule has 4 rings (SSSR count). The zero-order chi connectivity index (χ0) is 22.3. The quantitative estimate of drug-likeness (QED) is 0.257. The highest BCUT2D eigenvalue weighted by Crippen LogP contribution is 2.30. The minimum absolute atomic E-state index is 0.0415. The van der Waals surface area contributed by atoms with Gasteiger partial charge in [-0.05, 0) is 43.3 Å². The van der Waals surface area contributed by atoms with Crippen molar-refractivity contribution in [1.82, 2.24) is 14.8 Å². The number of ether oxygens (including phenoxy) is 2. The number of nitrogens with zero attached hydrogens (tertiary/aromatic N) is 3. The van der Waals surface area contributed by atoms with Crippen LogP contribution in [-0.4, -0.2) is 40.0 Å². The van der Waals surface area contributed by atoms with Crippen LogP contribution in [0.2, 0.25) is 0 Å². The Morgan fingerprint density at radius 2 is 1.72 bits per heavy atom. The van der Waals surface area contributed by atoms with Crippen LogP contribution in [0.1, 0.15) is 17.3 Å². The van der Waals surface area contributed by atoms with Gasteiger partial charge in [-0.2, -0.15) is 0 Å². The molecule has 0 fully saturated rings. The van der Waals surface area contributed by atoms with E-state index in [4.69, 9.17) is 9.47 Å². The number of benzene rings is 3. The van der Waals surface area contributed by atoms with Crippen LogP contribution in [-0.2, 0) is 0 Å². The minimum Gasteiger partial charge on any atom is -0.497 e. The number of ketones is 1. The molecule has 0 aliphatic rings. The predicted molar refractivity (Wildman–Crippen MR) is 126 cm³/mol. The number of hydrogen-bond donors (Lipinski definition) is 0.